The first kappa shape index (κ1) is 15.9. The fourth-order valence-electron chi connectivity index (χ4n) is 2.70. The molecular formula is C18H17NO5. The molecule has 0 radical (unpaired) electrons. The highest BCUT2D eigenvalue weighted by Crippen LogP contribution is 2.20. The number of ether oxygens (including phenoxy) is 1. The topological polar surface area (TPSA) is 81.7 Å². The van der Waals surface area contributed by atoms with Crippen molar-refractivity contribution >= 4 is 17.1 Å². The first-order valence-electron chi connectivity index (χ1n) is 7.54. The zero-order valence-corrected chi connectivity index (χ0v) is 13.2. The van der Waals surface area contributed by atoms with E-state index >= 15 is 0 Å². The van der Waals surface area contributed by atoms with E-state index in [1.165, 1.54) is 0 Å². The molecule has 3 rings (SSSR count). The van der Waals surface area contributed by atoms with Gasteiger partial charge in [0.1, 0.15) is 12.3 Å². The summed E-state index contributed by atoms with van der Waals surface area (Å²) in [7, 11) is 1.62. The zero-order valence-electron chi connectivity index (χ0n) is 13.2. The van der Waals surface area contributed by atoms with Crippen molar-refractivity contribution < 1.29 is 19.1 Å². The summed E-state index contributed by atoms with van der Waals surface area (Å²) >= 11 is 0. The number of carbonyl (C=O) groups is 1. The predicted octanol–water partition coefficient (Wildman–Crippen LogP) is 2.47. The zero-order chi connectivity index (χ0) is 17.1. The summed E-state index contributed by atoms with van der Waals surface area (Å²) in [6, 6.07) is 13.2. The first-order chi connectivity index (χ1) is 11.6. The summed E-state index contributed by atoms with van der Waals surface area (Å²) in [5.74, 6) is -0.926. The van der Waals surface area contributed by atoms with E-state index in [1.807, 2.05) is 30.3 Å². The van der Waals surface area contributed by atoms with Crippen LogP contribution in [-0.2, 0) is 24.2 Å². The van der Waals surface area contributed by atoms with Gasteiger partial charge < -0.3 is 14.3 Å². The molecule has 124 valence electrons. The first-order valence-corrected chi connectivity index (χ1v) is 7.54. The van der Waals surface area contributed by atoms with Crippen molar-refractivity contribution in [2.45, 2.75) is 19.4 Å². The standard InChI is InChI=1S/C18H17NO5/c1-23-14-9-6-12(7-10-14)5-8-13-3-2-4-15-17(13)24-18(22)19(15)11-16(20)21/h2-4,6-7,9-10H,5,8,11H2,1H3,(H,20,21). The van der Waals surface area contributed by atoms with Crippen molar-refractivity contribution in [2.24, 2.45) is 0 Å². The highest BCUT2D eigenvalue weighted by Gasteiger charge is 2.14. The molecule has 0 aliphatic heterocycles. The van der Waals surface area contributed by atoms with Gasteiger partial charge in [0.2, 0.25) is 0 Å². The van der Waals surface area contributed by atoms with Crippen molar-refractivity contribution in [1.29, 1.82) is 0 Å². The second kappa shape index (κ2) is 6.62. The molecule has 24 heavy (non-hydrogen) atoms. The molecule has 0 fully saturated rings. The summed E-state index contributed by atoms with van der Waals surface area (Å²) in [6.07, 6.45) is 1.46. The van der Waals surface area contributed by atoms with Crippen LogP contribution in [0.25, 0.3) is 11.1 Å². The number of para-hydroxylation sites is 1. The van der Waals surface area contributed by atoms with E-state index in [0.29, 0.717) is 17.5 Å². The van der Waals surface area contributed by atoms with Crippen LogP contribution in [0.4, 0.5) is 0 Å². The van der Waals surface area contributed by atoms with Crippen molar-refractivity contribution in [3.05, 3.63) is 64.1 Å². The highest BCUT2D eigenvalue weighted by molar-refractivity contribution is 5.78. The molecule has 1 aromatic heterocycles. The quantitative estimate of drug-likeness (QED) is 0.752. The number of aliphatic carboxylic acids is 1. The molecule has 0 saturated heterocycles. The number of nitrogens with zero attached hydrogens (tertiary/aromatic N) is 1. The smallest absolute Gasteiger partial charge is 0.420 e. The molecule has 0 atom stereocenters. The third kappa shape index (κ3) is 3.17. The van der Waals surface area contributed by atoms with Crippen molar-refractivity contribution in [3.8, 4) is 5.75 Å². The Bertz CT molecular complexity index is 921. The number of oxazole rings is 1. The van der Waals surface area contributed by atoms with Gasteiger partial charge >= 0.3 is 11.7 Å². The summed E-state index contributed by atoms with van der Waals surface area (Å²) in [6.45, 7) is -0.409. The van der Waals surface area contributed by atoms with E-state index < -0.39 is 18.3 Å². The minimum Gasteiger partial charge on any atom is -0.497 e. The van der Waals surface area contributed by atoms with E-state index in [0.717, 1.165) is 27.9 Å². The molecule has 0 amide bonds. The molecule has 0 aliphatic carbocycles. The van der Waals surface area contributed by atoms with Crippen LogP contribution in [-0.4, -0.2) is 22.8 Å². The lowest BCUT2D eigenvalue weighted by Gasteiger charge is -2.05. The number of methoxy groups -OCH3 is 1. The van der Waals surface area contributed by atoms with Crippen molar-refractivity contribution in [2.75, 3.05) is 7.11 Å². The number of hydrogen-bond donors (Lipinski definition) is 1. The summed E-state index contributed by atoms with van der Waals surface area (Å²) in [4.78, 5) is 22.8. The van der Waals surface area contributed by atoms with Gasteiger partial charge in [-0.25, -0.2) is 4.79 Å². The Morgan fingerprint density at radius 3 is 2.58 bits per heavy atom. The third-order valence-corrected chi connectivity index (χ3v) is 3.91. The van der Waals surface area contributed by atoms with E-state index in [-0.39, 0.29) is 0 Å². The monoisotopic (exact) mass is 327 g/mol. The third-order valence-electron chi connectivity index (χ3n) is 3.91. The fraction of sp³-hybridized carbons (Fsp3) is 0.222. The number of aryl methyl sites for hydroxylation is 2. The van der Waals surface area contributed by atoms with E-state index in [2.05, 4.69) is 0 Å². The minimum absolute atomic E-state index is 0.409. The second-order valence-corrected chi connectivity index (χ2v) is 5.46. The largest absolute Gasteiger partial charge is 0.497 e. The van der Waals surface area contributed by atoms with Crippen molar-refractivity contribution in [1.82, 2.24) is 4.57 Å². The molecule has 6 nitrogen and oxygen atoms in total. The average Bonchev–Trinajstić information content (AvgIpc) is 2.89. The highest BCUT2D eigenvalue weighted by atomic mass is 16.5. The molecule has 2 aromatic carbocycles. The normalized spacial score (nSPS) is 10.9. The van der Waals surface area contributed by atoms with Gasteiger partial charge in [-0.2, -0.15) is 0 Å². The van der Waals surface area contributed by atoms with Gasteiger partial charge in [0.25, 0.3) is 0 Å². The molecule has 3 aromatic rings. The number of benzene rings is 2. The predicted molar refractivity (Wildman–Crippen MR) is 88.5 cm³/mol. The van der Waals surface area contributed by atoms with Crippen LogP contribution in [0.5, 0.6) is 5.75 Å². The second-order valence-electron chi connectivity index (χ2n) is 5.46. The van der Waals surface area contributed by atoms with E-state index in [9.17, 15) is 9.59 Å². The van der Waals surface area contributed by atoms with Gasteiger partial charge in [0.05, 0.1) is 12.6 Å². The lowest BCUT2D eigenvalue weighted by molar-refractivity contribution is -0.137. The molecule has 0 bridgehead atoms. The maximum absolute atomic E-state index is 11.9. The molecule has 6 heteroatoms. The minimum atomic E-state index is -1.08. The molecule has 0 unspecified atom stereocenters. The SMILES string of the molecule is COc1ccc(CCc2cccc3c2oc(=O)n3CC(=O)O)cc1. The Balaban J connectivity index is 1.86. The lowest BCUT2D eigenvalue weighted by atomic mass is 10.0. The Labute approximate surface area is 137 Å². The maximum atomic E-state index is 11.9. The van der Waals surface area contributed by atoms with Crippen LogP contribution in [0.15, 0.2) is 51.7 Å². The molecular weight excluding hydrogens is 310 g/mol. The van der Waals surface area contributed by atoms with E-state index in [1.54, 1.807) is 19.2 Å². The van der Waals surface area contributed by atoms with Crippen LogP contribution in [0.1, 0.15) is 11.1 Å². The van der Waals surface area contributed by atoms with Gasteiger partial charge in [-0.1, -0.05) is 24.3 Å². The van der Waals surface area contributed by atoms with Gasteiger partial charge in [0, 0.05) is 0 Å². The molecule has 1 heterocycles. The Morgan fingerprint density at radius 1 is 1.17 bits per heavy atom. The van der Waals surface area contributed by atoms with Crippen LogP contribution < -0.4 is 10.5 Å². The average molecular weight is 327 g/mol. The number of aromatic nitrogens is 1. The Kier molecular flexibility index (Phi) is 4.37. The molecule has 0 aliphatic rings. The number of fused-ring (bicyclic) bond motifs is 1. The van der Waals surface area contributed by atoms with Gasteiger partial charge in [-0.3, -0.25) is 9.36 Å². The van der Waals surface area contributed by atoms with Gasteiger partial charge in [-0.15, -0.1) is 0 Å². The van der Waals surface area contributed by atoms with E-state index in [4.69, 9.17) is 14.3 Å². The Hall–Kier alpha value is -3.02. The number of hydrogen-bond acceptors (Lipinski definition) is 4. The molecule has 0 spiro atoms. The lowest BCUT2D eigenvalue weighted by Crippen LogP contribution is -2.19. The fourth-order valence-corrected chi connectivity index (χ4v) is 2.70. The maximum Gasteiger partial charge on any atom is 0.420 e. The van der Waals surface area contributed by atoms with Gasteiger partial charge in [0.15, 0.2) is 5.58 Å². The van der Waals surface area contributed by atoms with Crippen LogP contribution in [0.3, 0.4) is 0 Å². The van der Waals surface area contributed by atoms with Crippen LogP contribution in [0.2, 0.25) is 0 Å². The number of rotatable bonds is 6. The van der Waals surface area contributed by atoms with Crippen molar-refractivity contribution in [3.63, 3.8) is 0 Å². The summed E-state index contributed by atoms with van der Waals surface area (Å²) in [5.41, 5.74) is 2.98. The molecule has 0 saturated carbocycles. The molecule has 1 N–H and O–H groups in total. The summed E-state index contributed by atoms with van der Waals surface area (Å²) < 4.78 is 11.6. The van der Waals surface area contributed by atoms with Crippen LogP contribution in [0, 0.1) is 0 Å². The van der Waals surface area contributed by atoms with Crippen LogP contribution >= 0.6 is 0 Å². The summed E-state index contributed by atoms with van der Waals surface area (Å²) in [5, 5.41) is 8.92. The van der Waals surface area contributed by atoms with Gasteiger partial charge in [-0.05, 0) is 42.2 Å². The number of carboxylic acids is 1. The Morgan fingerprint density at radius 2 is 1.92 bits per heavy atom. The number of carboxylic acid groups (broad SMARTS) is 1.